The standard InChI is InChI=1S/C9H9BrF3N.ClH/c1-14-5-6-2-3-8(10)7(4-6)9(11,12)13;/h2-4,14H,5H2,1H3;1H. The van der Waals surface area contributed by atoms with E-state index in [1.165, 1.54) is 6.07 Å². The van der Waals surface area contributed by atoms with E-state index in [1.54, 1.807) is 13.1 Å². The molecular weight excluding hydrogens is 294 g/mol. The summed E-state index contributed by atoms with van der Waals surface area (Å²) in [5.74, 6) is 0. The summed E-state index contributed by atoms with van der Waals surface area (Å²) in [5.41, 5.74) is -0.0201. The molecule has 1 N–H and O–H groups in total. The molecule has 1 aromatic carbocycles. The predicted molar refractivity (Wildman–Crippen MR) is 59.2 cm³/mol. The number of benzene rings is 1. The van der Waals surface area contributed by atoms with Crippen LogP contribution in [0.25, 0.3) is 0 Å². The van der Waals surface area contributed by atoms with Crippen molar-refractivity contribution < 1.29 is 13.2 Å². The van der Waals surface area contributed by atoms with Crippen LogP contribution >= 0.6 is 28.3 Å². The highest BCUT2D eigenvalue weighted by molar-refractivity contribution is 9.10. The van der Waals surface area contributed by atoms with E-state index < -0.39 is 11.7 Å². The van der Waals surface area contributed by atoms with E-state index in [1.807, 2.05) is 0 Å². The lowest BCUT2D eigenvalue weighted by atomic mass is 10.1. The normalized spacial score (nSPS) is 11.0. The molecule has 0 aromatic heterocycles. The minimum Gasteiger partial charge on any atom is -0.316 e. The van der Waals surface area contributed by atoms with E-state index in [0.717, 1.165) is 6.07 Å². The Labute approximate surface area is 101 Å². The molecule has 0 atom stereocenters. The van der Waals surface area contributed by atoms with Crippen LogP contribution in [0.3, 0.4) is 0 Å². The van der Waals surface area contributed by atoms with Gasteiger partial charge in [0.25, 0.3) is 0 Å². The lowest BCUT2D eigenvalue weighted by Crippen LogP contribution is -2.10. The van der Waals surface area contributed by atoms with Crippen LogP contribution in [0.5, 0.6) is 0 Å². The van der Waals surface area contributed by atoms with Crippen LogP contribution < -0.4 is 5.32 Å². The van der Waals surface area contributed by atoms with Crippen molar-refractivity contribution >= 4 is 28.3 Å². The van der Waals surface area contributed by atoms with Crippen molar-refractivity contribution in [3.8, 4) is 0 Å². The van der Waals surface area contributed by atoms with E-state index in [4.69, 9.17) is 0 Å². The molecular formula is C9H10BrClF3N. The minimum absolute atomic E-state index is 0. The summed E-state index contributed by atoms with van der Waals surface area (Å²) in [6.45, 7) is 0.427. The second-order valence-corrected chi connectivity index (χ2v) is 3.70. The molecule has 0 unspecified atom stereocenters. The summed E-state index contributed by atoms with van der Waals surface area (Å²) in [6, 6.07) is 4.20. The van der Waals surface area contributed by atoms with Gasteiger partial charge in [-0.2, -0.15) is 13.2 Å². The average Bonchev–Trinajstić information content (AvgIpc) is 2.07. The highest BCUT2D eigenvalue weighted by Gasteiger charge is 2.32. The minimum atomic E-state index is -4.30. The van der Waals surface area contributed by atoms with Crippen molar-refractivity contribution in [2.24, 2.45) is 0 Å². The largest absolute Gasteiger partial charge is 0.417 e. The molecule has 0 aliphatic rings. The van der Waals surface area contributed by atoms with Gasteiger partial charge in [-0.25, -0.2) is 0 Å². The second-order valence-electron chi connectivity index (χ2n) is 2.84. The molecule has 1 aromatic rings. The maximum Gasteiger partial charge on any atom is 0.417 e. The van der Waals surface area contributed by atoms with Crippen LogP contribution in [0.2, 0.25) is 0 Å². The maximum atomic E-state index is 12.4. The topological polar surface area (TPSA) is 12.0 Å². The summed E-state index contributed by atoms with van der Waals surface area (Å²) in [5, 5.41) is 2.80. The molecule has 0 bridgehead atoms. The zero-order chi connectivity index (χ0) is 10.8. The van der Waals surface area contributed by atoms with E-state index in [9.17, 15) is 13.2 Å². The van der Waals surface area contributed by atoms with Crippen molar-refractivity contribution in [1.82, 2.24) is 5.32 Å². The molecule has 0 amide bonds. The van der Waals surface area contributed by atoms with Gasteiger partial charge in [0.1, 0.15) is 0 Å². The van der Waals surface area contributed by atoms with Gasteiger partial charge in [-0.1, -0.05) is 22.0 Å². The van der Waals surface area contributed by atoms with Crippen molar-refractivity contribution in [3.63, 3.8) is 0 Å². The first-order valence-electron chi connectivity index (χ1n) is 3.95. The van der Waals surface area contributed by atoms with Crippen LogP contribution in [0.4, 0.5) is 13.2 Å². The van der Waals surface area contributed by atoms with Crippen LogP contribution in [0.1, 0.15) is 11.1 Å². The monoisotopic (exact) mass is 303 g/mol. The molecule has 0 saturated carbocycles. The number of halogens is 5. The molecule has 0 fully saturated rings. The van der Waals surface area contributed by atoms with E-state index in [0.29, 0.717) is 12.1 Å². The SMILES string of the molecule is CNCc1ccc(Br)c(C(F)(F)F)c1.Cl. The number of alkyl halides is 3. The molecule has 0 radical (unpaired) electrons. The Hall–Kier alpha value is -0.260. The lowest BCUT2D eigenvalue weighted by molar-refractivity contribution is -0.138. The van der Waals surface area contributed by atoms with Gasteiger partial charge in [0, 0.05) is 11.0 Å². The van der Waals surface area contributed by atoms with Crippen molar-refractivity contribution in [3.05, 3.63) is 33.8 Å². The highest BCUT2D eigenvalue weighted by atomic mass is 79.9. The zero-order valence-electron chi connectivity index (χ0n) is 7.86. The molecule has 0 spiro atoms. The molecule has 86 valence electrons. The van der Waals surface area contributed by atoms with Gasteiger partial charge in [-0.05, 0) is 24.7 Å². The van der Waals surface area contributed by atoms with Gasteiger partial charge in [0.2, 0.25) is 0 Å². The Balaban J connectivity index is 0.00000196. The van der Waals surface area contributed by atoms with Gasteiger partial charge in [0.05, 0.1) is 5.56 Å². The predicted octanol–water partition coefficient (Wildman–Crippen LogP) is 3.61. The van der Waals surface area contributed by atoms with Gasteiger partial charge < -0.3 is 5.32 Å². The van der Waals surface area contributed by atoms with E-state index in [-0.39, 0.29) is 16.9 Å². The van der Waals surface area contributed by atoms with Gasteiger partial charge in [-0.15, -0.1) is 12.4 Å². The van der Waals surface area contributed by atoms with E-state index >= 15 is 0 Å². The third-order valence-corrected chi connectivity index (χ3v) is 2.41. The summed E-state index contributed by atoms with van der Waals surface area (Å²) >= 11 is 2.88. The molecule has 0 aliphatic carbocycles. The fourth-order valence-electron chi connectivity index (χ4n) is 1.10. The highest BCUT2D eigenvalue weighted by Crippen LogP contribution is 2.35. The van der Waals surface area contributed by atoms with E-state index in [2.05, 4.69) is 21.2 Å². The van der Waals surface area contributed by atoms with Crippen LogP contribution in [-0.4, -0.2) is 7.05 Å². The fraction of sp³-hybridized carbons (Fsp3) is 0.333. The average molecular weight is 305 g/mol. The third kappa shape index (κ3) is 4.01. The smallest absolute Gasteiger partial charge is 0.316 e. The van der Waals surface area contributed by atoms with Crippen LogP contribution in [-0.2, 0) is 12.7 Å². The molecule has 0 saturated heterocycles. The quantitative estimate of drug-likeness (QED) is 0.880. The number of rotatable bonds is 2. The third-order valence-electron chi connectivity index (χ3n) is 1.72. The summed E-state index contributed by atoms with van der Waals surface area (Å²) in [7, 11) is 1.69. The van der Waals surface area contributed by atoms with Gasteiger partial charge in [0.15, 0.2) is 0 Å². The Kier molecular flexibility index (Phi) is 5.62. The first kappa shape index (κ1) is 14.7. The molecule has 6 heteroatoms. The summed E-state index contributed by atoms with van der Waals surface area (Å²) in [6.07, 6.45) is -4.30. The first-order chi connectivity index (χ1) is 6.45. The second kappa shape index (κ2) is 5.72. The molecule has 0 heterocycles. The molecule has 15 heavy (non-hydrogen) atoms. The van der Waals surface area contributed by atoms with Gasteiger partial charge in [-0.3, -0.25) is 0 Å². The van der Waals surface area contributed by atoms with Crippen LogP contribution in [0, 0.1) is 0 Å². The zero-order valence-corrected chi connectivity index (χ0v) is 10.3. The lowest BCUT2D eigenvalue weighted by Gasteiger charge is -2.10. The molecule has 1 nitrogen and oxygen atoms in total. The number of nitrogens with one attached hydrogen (secondary N) is 1. The van der Waals surface area contributed by atoms with Crippen molar-refractivity contribution in [2.45, 2.75) is 12.7 Å². The Morgan fingerprint density at radius 1 is 1.33 bits per heavy atom. The maximum absolute atomic E-state index is 12.4. The Morgan fingerprint density at radius 2 is 1.93 bits per heavy atom. The first-order valence-corrected chi connectivity index (χ1v) is 4.74. The number of hydrogen-bond acceptors (Lipinski definition) is 1. The molecule has 1 rings (SSSR count). The van der Waals surface area contributed by atoms with Crippen molar-refractivity contribution in [2.75, 3.05) is 7.05 Å². The van der Waals surface area contributed by atoms with Gasteiger partial charge >= 0.3 is 6.18 Å². The Bertz CT molecular complexity index is 328. The van der Waals surface area contributed by atoms with Crippen molar-refractivity contribution in [1.29, 1.82) is 0 Å². The number of hydrogen-bond donors (Lipinski definition) is 1. The Morgan fingerprint density at radius 3 is 2.40 bits per heavy atom. The summed E-state index contributed by atoms with van der Waals surface area (Å²) in [4.78, 5) is 0. The summed E-state index contributed by atoms with van der Waals surface area (Å²) < 4.78 is 37.3. The van der Waals surface area contributed by atoms with Crippen LogP contribution in [0.15, 0.2) is 22.7 Å². The fourth-order valence-corrected chi connectivity index (χ4v) is 1.58. The molecule has 0 aliphatic heterocycles.